The van der Waals surface area contributed by atoms with Crippen molar-refractivity contribution in [3.8, 4) is 11.1 Å². The molecule has 6 rings (SSSR count). The number of carbonyl (C=O) groups excluding carboxylic acids is 2. The topological polar surface area (TPSA) is 109 Å². The van der Waals surface area contributed by atoms with Crippen LogP contribution in [0.1, 0.15) is 53.6 Å². The molecule has 1 aliphatic rings. The molecule has 4 heterocycles. The number of amides is 2. The van der Waals surface area contributed by atoms with Gasteiger partial charge in [-0.25, -0.2) is 27.3 Å². The van der Waals surface area contributed by atoms with Crippen molar-refractivity contribution in [2.45, 2.75) is 52.7 Å². The molecule has 0 saturated carbocycles. The fourth-order valence-electron chi connectivity index (χ4n) is 5.31. The van der Waals surface area contributed by atoms with Gasteiger partial charge in [0.2, 0.25) is 0 Å². The van der Waals surface area contributed by atoms with E-state index in [0.717, 1.165) is 24.3 Å². The lowest BCUT2D eigenvalue weighted by molar-refractivity contribution is 0.0634. The minimum absolute atomic E-state index is 0.0535. The number of halogens is 4. The summed E-state index contributed by atoms with van der Waals surface area (Å²) in [5.41, 5.74) is 1.34. The number of anilines is 1. The Hall–Kier alpha value is -5.30. The summed E-state index contributed by atoms with van der Waals surface area (Å²) in [7, 11) is 0. The lowest BCUT2D eigenvalue weighted by Crippen LogP contribution is -2.31. The van der Waals surface area contributed by atoms with Gasteiger partial charge >= 0.3 is 6.09 Å². The molecule has 5 aromatic rings. The van der Waals surface area contributed by atoms with Gasteiger partial charge in [-0.05, 0) is 57.2 Å². The van der Waals surface area contributed by atoms with Gasteiger partial charge in [0.15, 0.2) is 0 Å². The molecule has 0 bridgehead atoms. The van der Waals surface area contributed by atoms with Crippen LogP contribution in [0.3, 0.4) is 0 Å². The largest absolute Gasteiger partial charge is 0.444 e. The zero-order valence-corrected chi connectivity index (χ0v) is 25.6. The Balaban J connectivity index is 1.34. The van der Waals surface area contributed by atoms with Crippen molar-refractivity contribution in [2.24, 2.45) is 0 Å². The molecule has 0 fully saturated rings. The average Bonchev–Trinajstić information content (AvgIpc) is 3.66. The summed E-state index contributed by atoms with van der Waals surface area (Å²) in [5, 5.41) is 2.65. The van der Waals surface area contributed by atoms with Gasteiger partial charge in [0, 0.05) is 28.5 Å². The first kappa shape index (κ1) is 31.7. The third kappa shape index (κ3) is 6.66. The molecule has 0 atom stereocenters. The number of rotatable bonds is 7. The molecule has 242 valence electrons. The molecule has 0 aliphatic carbocycles. The number of nitrogens with one attached hydrogen (secondary N) is 2. The van der Waals surface area contributed by atoms with Gasteiger partial charge < -0.3 is 19.4 Å². The van der Waals surface area contributed by atoms with Gasteiger partial charge in [-0.2, -0.15) is 0 Å². The Kier molecular flexibility index (Phi) is 8.41. The minimum Gasteiger partial charge on any atom is -0.444 e. The van der Waals surface area contributed by atoms with E-state index in [0.29, 0.717) is 27.9 Å². The molecule has 3 aromatic heterocycles. The molecule has 2 amide bonds. The van der Waals surface area contributed by atoms with Gasteiger partial charge in [-0.1, -0.05) is 18.2 Å². The molecule has 1 aliphatic heterocycles. The van der Waals surface area contributed by atoms with Crippen molar-refractivity contribution in [1.82, 2.24) is 19.9 Å². The van der Waals surface area contributed by atoms with Crippen LogP contribution >= 0.6 is 0 Å². The first-order valence-electron chi connectivity index (χ1n) is 14.6. The molecular formula is C34H29F4N5O4. The van der Waals surface area contributed by atoms with Crippen LogP contribution in [-0.2, 0) is 35.8 Å². The second kappa shape index (κ2) is 12.5. The number of aromatic nitrogens is 3. The highest BCUT2D eigenvalue weighted by Gasteiger charge is 2.28. The van der Waals surface area contributed by atoms with E-state index in [-0.39, 0.29) is 48.0 Å². The van der Waals surface area contributed by atoms with Crippen molar-refractivity contribution in [1.29, 1.82) is 0 Å². The third-order valence-electron chi connectivity index (χ3n) is 7.45. The van der Waals surface area contributed by atoms with Crippen molar-refractivity contribution in [3.63, 3.8) is 0 Å². The number of aromatic amines is 1. The number of hydrogen-bond donors (Lipinski definition) is 2. The zero-order chi connectivity index (χ0) is 33.5. The molecule has 2 N–H and O–H groups in total. The quantitative estimate of drug-likeness (QED) is 0.178. The second-order valence-corrected chi connectivity index (χ2v) is 12.0. The highest BCUT2D eigenvalue weighted by Crippen LogP contribution is 2.33. The van der Waals surface area contributed by atoms with Crippen LogP contribution in [0.15, 0.2) is 60.8 Å². The maximum atomic E-state index is 14.8. The van der Waals surface area contributed by atoms with E-state index < -0.39 is 47.4 Å². The number of H-pyrrole nitrogens is 1. The molecule has 2 aromatic carbocycles. The summed E-state index contributed by atoms with van der Waals surface area (Å²) in [6.07, 6.45) is 0.554. The van der Waals surface area contributed by atoms with Crippen LogP contribution in [0.2, 0.25) is 0 Å². The standard InChI is InChI=1S/C34H29F4N5O4/c1-34(2,3)47-33(45)42-31-22-17-46-16-21(22)30-27(41-31)12-28(40-30)32(44)43(15-20-23(35)6-4-7-24(20)36)14-19-11-10-18(13-39-19)29-25(37)8-5-9-26(29)38/h4-13,40H,14-17H2,1-3H3,(H,41,42,45). The van der Waals surface area contributed by atoms with Crippen LogP contribution in [0.5, 0.6) is 0 Å². The number of hydrogen-bond acceptors (Lipinski definition) is 6. The monoisotopic (exact) mass is 647 g/mol. The van der Waals surface area contributed by atoms with Crippen molar-refractivity contribution >= 4 is 28.9 Å². The van der Waals surface area contributed by atoms with E-state index in [9.17, 15) is 27.2 Å². The first-order chi connectivity index (χ1) is 22.4. The van der Waals surface area contributed by atoms with Gasteiger partial charge in [-0.3, -0.25) is 15.1 Å². The minimum atomic E-state index is -0.840. The fourth-order valence-corrected chi connectivity index (χ4v) is 5.31. The lowest BCUT2D eigenvalue weighted by atomic mass is 10.1. The van der Waals surface area contributed by atoms with E-state index in [2.05, 4.69) is 20.3 Å². The van der Waals surface area contributed by atoms with Crippen LogP contribution in [0, 0.1) is 23.3 Å². The Bertz CT molecular complexity index is 1970. The van der Waals surface area contributed by atoms with E-state index in [1.54, 1.807) is 20.8 Å². The Labute approximate surface area is 266 Å². The maximum Gasteiger partial charge on any atom is 0.413 e. The summed E-state index contributed by atoms with van der Waals surface area (Å²) in [4.78, 5) is 39.6. The molecule has 47 heavy (non-hydrogen) atoms. The SMILES string of the molecule is CC(C)(C)OC(=O)Nc1nc2cc(C(=O)N(Cc3ccc(-c4c(F)cccc4F)cn3)Cc3c(F)cccc3F)[nH]c2c2c1COC2. The van der Waals surface area contributed by atoms with Crippen LogP contribution in [-0.4, -0.2) is 37.5 Å². The Morgan fingerprint density at radius 3 is 2.23 bits per heavy atom. The summed E-state index contributed by atoms with van der Waals surface area (Å²) in [6, 6.07) is 11.3. The van der Waals surface area contributed by atoms with Crippen LogP contribution < -0.4 is 5.32 Å². The second-order valence-electron chi connectivity index (χ2n) is 12.0. The van der Waals surface area contributed by atoms with Crippen LogP contribution in [0.4, 0.5) is 28.2 Å². The summed E-state index contributed by atoms with van der Waals surface area (Å²) in [5.74, 6) is -3.62. The highest BCUT2D eigenvalue weighted by molar-refractivity contribution is 5.99. The number of benzene rings is 2. The molecule has 0 unspecified atom stereocenters. The van der Waals surface area contributed by atoms with E-state index in [1.807, 2.05) is 0 Å². The molecule has 0 saturated heterocycles. The van der Waals surface area contributed by atoms with Crippen LogP contribution in [0.25, 0.3) is 22.2 Å². The van der Waals surface area contributed by atoms with Gasteiger partial charge in [0.05, 0.1) is 48.6 Å². The normalized spacial score (nSPS) is 12.7. The predicted octanol–water partition coefficient (Wildman–Crippen LogP) is 7.40. The zero-order valence-electron chi connectivity index (χ0n) is 25.6. The highest BCUT2D eigenvalue weighted by atomic mass is 19.1. The number of nitrogens with zero attached hydrogens (tertiary/aromatic N) is 3. The Morgan fingerprint density at radius 2 is 1.60 bits per heavy atom. The number of pyridine rings is 2. The number of fused-ring (bicyclic) bond motifs is 3. The Morgan fingerprint density at radius 1 is 0.936 bits per heavy atom. The van der Waals surface area contributed by atoms with Gasteiger partial charge in [-0.15, -0.1) is 0 Å². The molecule has 0 radical (unpaired) electrons. The molecule has 9 nitrogen and oxygen atoms in total. The molecular weight excluding hydrogens is 618 g/mol. The van der Waals surface area contributed by atoms with E-state index in [4.69, 9.17) is 9.47 Å². The number of ether oxygens (including phenoxy) is 2. The number of carbonyl (C=O) groups is 2. The third-order valence-corrected chi connectivity index (χ3v) is 7.45. The van der Waals surface area contributed by atoms with Crippen molar-refractivity contribution in [3.05, 3.63) is 112 Å². The van der Waals surface area contributed by atoms with E-state index in [1.165, 1.54) is 41.4 Å². The predicted molar refractivity (Wildman–Crippen MR) is 164 cm³/mol. The molecule has 13 heteroatoms. The fraction of sp³-hybridized carbons (Fsp3) is 0.235. The van der Waals surface area contributed by atoms with E-state index >= 15 is 0 Å². The smallest absolute Gasteiger partial charge is 0.413 e. The van der Waals surface area contributed by atoms with Crippen molar-refractivity contribution in [2.75, 3.05) is 5.32 Å². The van der Waals surface area contributed by atoms with Gasteiger partial charge in [0.1, 0.15) is 40.4 Å². The summed E-state index contributed by atoms with van der Waals surface area (Å²) < 4.78 is 69.2. The average molecular weight is 648 g/mol. The maximum absolute atomic E-state index is 14.8. The lowest BCUT2D eigenvalue weighted by Gasteiger charge is -2.23. The first-order valence-corrected chi connectivity index (χ1v) is 14.6. The summed E-state index contributed by atoms with van der Waals surface area (Å²) in [6.45, 7) is 4.88. The summed E-state index contributed by atoms with van der Waals surface area (Å²) >= 11 is 0. The molecule has 0 spiro atoms. The van der Waals surface area contributed by atoms with Gasteiger partial charge in [0.25, 0.3) is 5.91 Å². The van der Waals surface area contributed by atoms with Crippen molar-refractivity contribution < 1.29 is 36.6 Å².